The van der Waals surface area contributed by atoms with Crippen molar-refractivity contribution in [2.75, 3.05) is 77.9 Å². The smallest absolute Gasteiger partial charge is 0.128 e. The Morgan fingerprint density at radius 2 is 1.50 bits per heavy atom. The predicted molar refractivity (Wildman–Crippen MR) is 91.6 cm³/mol. The lowest BCUT2D eigenvalue weighted by atomic mass is 10.2. The van der Waals surface area contributed by atoms with Crippen molar-refractivity contribution in [3.63, 3.8) is 0 Å². The van der Waals surface area contributed by atoms with E-state index in [-0.39, 0.29) is 0 Å². The molecule has 0 atom stereocenters. The van der Waals surface area contributed by atoms with Crippen LogP contribution in [-0.4, -0.2) is 92.7 Å². The summed E-state index contributed by atoms with van der Waals surface area (Å²) in [7, 11) is 4.39. The highest BCUT2D eigenvalue weighted by Crippen LogP contribution is 2.14. The molecule has 2 fully saturated rings. The first-order valence-corrected chi connectivity index (χ1v) is 8.50. The summed E-state index contributed by atoms with van der Waals surface area (Å²) in [6.07, 6.45) is 3.18. The summed E-state index contributed by atoms with van der Waals surface area (Å²) in [6.45, 7) is 10.4. The zero-order chi connectivity index (χ0) is 15.4. The third kappa shape index (κ3) is 4.18. The third-order valence-electron chi connectivity index (χ3n) is 4.95. The number of hydrogen-bond donors (Lipinski definition) is 0. The highest BCUT2D eigenvalue weighted by molar-refractivity contribution is 5.39. The molecular formula is C17H29N5. The van der Waals surface area contributed by atoms with Gasteiger partial charge in [0.25, 0.3) is 0 Å². The standard InChI is InChI=1S/C17H29N5/c1-19-7-11-21(12-8-19)6-5-16-3-4-17(18-15-16)22-13-9-20(2)10-14-22/h3-4,15H,5-14H2,1-2H3. The maximum Gasteiger partial charge on any atom is 0.128 e. The molecule has 0 saturated carbocycles. The van der Waals surface area contributed by atoms with Crippen LogP contribution in [0.5, 0.6) is 0 Å². The van der Waals surface area contributed by atoms with Gasteiger partial charge in [0, 0.05) is 65.1 Å². The van der Waals surface area contributed by atoms with Crippen LogP contribution in [0.3, 0.4) is 0 Å². The van der Waals surface area contributed by atoms with Crippen molar-refractivity contribution < 1.29 is 0 Å². The SMILES string of the molecule is CN1CCN(CCc2ccc(N3CCN(C)CC3)nc2)CC1. The number of nitrogens with zero attached hydrogens (tertiary/aromatic N) is 5. The van der Waals surface area contributed by atoms with Gasteiger partial charge in [-0.25, -0.2) is 4.98 Å². The molecule has 0 spiro atoms. The zero-order valence-electron chi connectivity index (χ0n) is 14.0. The van der Waals surface area contributed by atoms with Crippen molar-refractivity contribution in [2.45, 2.75) is 6.42 Å². The van der Waals surface area contributed by atoms with Crippen LogP contribution >= 0.6 is 0 Å². The van der Waals surface area contributed by atoms with Crippen molar-refractivity contribution in [1.82, 2.24) is 19.7 Å². The molecule has 0 aliphatic carbocycles. The minimum atomic E-state index is 1.09. The van der Waals surface area contributed by atoms with E-state index in [9.17, 15) is 0 Å². The Hall–Kier alpha value is -1.17. The highest BCUT2D eigenvalue weighted by Gasteiger charge is 2.16. The summed E-state index contributed by atoms with van der Waals surface area (Å²) < 4.78 is 0. The topological polar surface area (TPSA) is 25.9 Å². The van der Waals surface area contributed by atoms with Crippen LogP contribution in [-0.2, 0) is 6.42 Å². The summed E-state index contributed by atoms with van der Waals surface area (Å²) >= 11 is 0. The first-order valence-electron chi connectivity index (χ1n) is 8.50. The van der Waals surface area contributed by atoms with E-state index in [1.54, 1.807) is 0 Å². The second kappa shape index (κ2) is 7.40. The third-order valence-corrected chi connectivity index (χ3v) is 4.95. The molecule has 0 amide bonds. The summed E-state index contributed by atoms with van der Waals surface area (Å²) in [4.78, 5) is 14.4. The molecule has 5 nitrogen and oxygen atoms in total. The number of likely N-dealkylation sites (N-methyl/N-ethyl adjacent to an activating group) is 2. The number of aromatic nitrogens is 1. The van der Waals surface area contributed by atoms with Gasteiger partial charge in [-0.1, -0.05) is 6.07 Å². The fourth-order valence-corrected chi connectivity index (χ4v) is 3.15. The van der Waals surface area contributed by atoms with Crippen LogP contribution in [0.1, 0.15) is 5.56 Å². The first kappa shape index (κ1) is 15.7. The number of pyridine rings is 1. The Bertz CT molecular complexity index is 445. The van der Waals surface area contributed by atoms with E-state index in [0.717, 1.165) is 45.0 Å². The molecule has 22 heavy (non-hydrogen) atoms. The van der Waals surface area contributed by atoms with Gasteiger partial charge in [0.15, 0.2) is 0 Å². The normalized spacial score (nSPS) is 22.2. The quantitative estimate of drug-likeness (QED) is 0.812. The molecule has 0 unspecified atom stereocenters. The Balaban J connectivity index is 1.47. The van der Waals surface area contributed by atoms with Gasteiger partial charge in [-0.2, -0.15) is 0 Å². The van der Waals surface area contributed by atoms with E-state index in [1.807, 2.05) is 0 Å². The Labute approximate surface area is 134 Å². The van der Waals surface area contributed by atoms with Crippen molar-refractivity contribution in [3.8, 4) is 0 Å². The lowest BCUT2D eigenvalue weighted by molar-refractivity contribution is 0.155. The van der Waals surface area contributed by atoms with Gasteiger partial charge in [0.05, 0.1) is 0 Å². The molecule has 3 rings (SSSR count). The second-order valence-corrected chi connectivity index (χ2v) is 6.71. The summed E-state index contributed by atoms with van der Waals surface area (Å²) in [5.74, 6) is 1.14. The molecule has 1 aromatic heterocycles. The van der Waals surface area contributed by atoms with Gasteiger partial charge in [-0.15, -0.1) is 0 Å². The Kier molecular flexibility index (Phi) is 5.28. The predicted octanol–water partition coefficient (Wildman–Crippen LogP) is 0.623. The molecule has 1 aromatic rings. The minimum Gasteiger partial charge on any atom is -0.354 e. The van der Waals surface area contributed by atoms with Crippen LogP contribution in [0.4, 0.5) is 5.82 Å². The average Bonchev–Trinajstić information content (AvgIpc) is 2.56. The molecule has 2 aliphatic heterocycles. The van der Waals surface area contributed by atoms with Crippen LogP contribution in [0, 0.1) is 0 Å². The molecule has 0 aromatic carbocycles. The zero-order valence-corrected chi connectivity index (χ0v) is 14.0. The van der Waals surface area contributed by atoms with E-state index in [4.69, 9.17) is 0 Å². The molecule has 0 radical (unpaired) electrons. The Morgan fingerprint density at radius 1 is 0.864 bits per heavy atom. The highest BCUT2D eigenvalue weighted by atomic mass is 15.3. The monoisotopic (exact) mass is 303 g/mol. The van der Waals surface area contributed by atoms with Crippen LogP contribution < -0.4 is 4.90 Å². The van der Waals surface area contributed by atoms with Gasteiger partial charge < -0.3 is 19.6 Å². The van der Waals surface area contributed by atoms with Gasteiger partial charge in [0.2, 0.25) is 0 Å². The largest absolute Gasteiger partial charge is 0.354 e. The molecule has 3 heterocycles. The van der Waals surface area contributed by atoms with E-state index in [0.29, 0.717) is 0 Å². The molecule has 2 saturated heterocycles. The van der Waals surface area contributed by atoms with Gasteiger partial charge in [-0.3, -0.25) is 0 Å². The minimum absolute atomic E-state index is 1.09. The fourth-order valence-electron chi connectivity index (χ4n) is 3.15. The number of hydrogen-bond acceptors (Lipinski definition) is 5. The maximum atomic E-state index is 4.68. The van der Waals surface area contributed by atoms with Crippen LogP contribution in [0.2, 0.25) is 0 Å². The number of piperazine rings is 2. The fraction of sp³-hybridized carbons (Fsp3) is 0.706. The summed E-state index contributed by atoms with van der Waals surface area (Å²) in [6, 6.07) is 4.46. The first-order chi connectivity index (χ1) is 10.7. The molecule has 122 valence electrons. The molecule has 0 N–H and O–H groups in total. The molecule has 0 bridgehead atoms. The molecular weight excluding hydrogens is 274 g/mol. The van der Waals surface area contributed by atoms with Crippen molar-refractivity contribution in [3.05, 3.63) is 23.9 Å². The van der Waals surface area contributed by atoms with E-state index >= 15 is 0 Å². The van der Waals surface area contributed by atoms with Crippen molar-refractivity contribution in [2.24, 2.45) is 0 Å². The Morgan fingerprint density at radius 3 is 2.09 bits per heavy atom. The van der Waals surface area contributed by atoms with Crippen molar-refractivity contribution in [1.29, 1.82) is 0 Å². The average molecular weight is 303 g/mol. The van der Waals surface area contributed by atoms with Gasteiger partial charge in [0.1, 0.15) is 5.82 Å². The lowest BCUT2D eigenvalue weighted by Crippen LogP contribution is -2.45. The summed E-state index contributed by atoms with van der Waals surface area (Å²) in [5.41, 5.74) is 1.36. The van der Waals surface area contributed by atoms with E-state index in [1.165, 1.54) is 31.7 Å². The maximum absolute atomic E-state index is 4.68. The van der Waals surface area contributed by atoms with Crippen molar-refractivity contribution >= 4 is 5.82 Å². The molecule has 5 heteroatoms. The van der Waals surface area contributed by atoms with E-state index in [2.05, 4.69) is 57.0 Å². The lowest BCUT2D eigenvalue weighted by Gasteiger charge is -2.33. The summed E-state index contributed by atoms with van der Waals surface area (Å²) in [5, 5.41) is 0. The van der Waals surface area contributed by atoms with Crippen LogP contribution in [0.15, 0.2) is 18.3 Å². The van der Waals surface area contributed by atoms with Gasteiger partial charge >= 0.3 is 0 Å². The second-order valence-electron chi connectivity index (χ2n) is 6.71. The van der Waals surface area contributed by atoms with E-state index < -0.39 is 0 Å². The number of rotatable bonds is 4. The van der Waals surface area contributed by atoms with Gasteiger partial charge in [-0.05, 0) is 32.1 Å². The number of anilines is 1. The molecule has 2 aliphatic rings. The van der Waals surface area contributed by atoms with Crippen LogP contribution in [0.25, 0.3) is 0 Å².